The van der Waals surface area contributed by atoms with Gasteiger partial charge in [0.05, 0.1) is 18.9 Å². The standard InChI is InChI=1S/C40H60N7O9P/c1-3-4-5-6-7-8-9-10-11-12-13-14-15-16-17-18-24-52-26-32(54-35-21-19-20-31(25-41)46-35)27-53-57(50,51)56-30(2)40(28-42)38(49)36(48)37(55-40)33-22-23-34-39(43)44-29-45-47(33)34/h19-23,29-30,32,36-38,48-49H,3-18,24,26-27H2,1-2H3,(H,50,51)(H2,43,44,45)/t30-,32?,36-,37-,38-,40+/m0/s1. The Morgan fingerprint density at radius 2 is 1.58 bits per heavy atom. The maximum Gasteiger partial charge on any atom is 0.472 e. The van der Waals surface area contributed by atoms with E-state index in [1.807, 2.05) is 12.1 Å². The molecule has 1 aliphatic heterocycles. The highest BCUT2D eigenvalue weighted by Crippen LogP contribution is 2.50. The second-order valence-electron chi connectivity index (χ2n) is 14.7. The summed E-state index contributed by atoms with van der Waals surface area (Å²) in [5.41, 5.74) is 4.41. The number of rotatable bonds is 28. The molecule has 0 spiro atoms. The second kappa shape index (κ2) is 23.6. The number of hydrogen-bond donors (Lipinski definition) is 4. The average molecular weight is 814 g/mol. The molecule has 57 heavy (non-hydrogen) atoms. The topological polar surface area (TPSA) is 241 Å². The maximum atomic E-state index is 13.3. The zero-order chi connectivity index (χ0) is 41.1. The molecule has 0 bridgehead atoms. The van der Waals surface area contributed by atoms with Gasteiger partial charge in [0, 0.05) is 12.7 Å². The van der Waals surface area contributed by atoms with Gasteiger partial charge < -0.3 is 35.1 Å². The molecular formula is C40H60N7O9P. The first-order chi connectivity index (χ1) is 27.5. The van der Waals surface area contributed by atoms with Crippen LogP contribution in [-0.4, -0.2) is 84.5 Å². The van der Waals surface area contributed by atoms with Gasteiger partial charge in [-0.25, -0.2) is 19.0 Å². The molecule has 0 amide bonds. The van der Waals surface area contributed by atoms with Crippen molar-refractivity contribution in [1.82, 2.24) is 19.6 Å². The Hall–Kier alpha value is -3.70. The van der Waals surface area contributed by atoms with Gasteiger partial charge in [0.1, 0.15) is 60.2 Å². The van der Waals surface area contributed by atoms with Crippen molar-refractivity contribution in [2.75, 3.05) is 25.6 Å². The van der Waals surface area contributed by atoms with Crippen molar-refractivity contribution < 1.29 is 42.9 Å². The zero-order valence-corrected chi connectivity index (χ0v) is 34.2. The van der Waals surface area contributed by atoms with Crippen LogP contribution in [-0.2, 0) is 23.1 Å². The van der Waals surface area contributed by atoms with E-state index in [4.69, 9.17) is 29.0 Å². The third-order valence-corrected chi connectivity index (χ3v) is 11.3. The smallest absolute Gasteiger partial charge is 0.469 e. The normalized spacial score (nSPS) is 21.5. The van der Waals surface area contributed by atoms with Gasteiger partial charge in [-0.3, -0.25) is 9.05 Å². The summed E-state index contributed by atoms with van der Waals surface area (Å²) in [5, 5.41) is 45.6. The number of nitrogen functional groups attached to an aromatic ring is 1. The van der Waals surface area contributed by atoms with E-state index >= 15 is 0 Å². The lowest BCUT2D eigenvalue weighted by Crippen LogP contribution is -2.50. The lowest BCUT2D eigenvalue weighted by molar-refractivity contribution is -0.109. The summed E-state index contributed by atoms with van der Waals surface area (Å²) in [6.07, 6.45) is 14.0. The third kappa shape index (κ3) is 13.7. The Morgan fingerprint density at radius 3 is 2.19 bits per heavy atom. The molecule has 4 rings (SSSR count). The number of nitrogens with zero attached hydrogens (tertiary/aromatic N) is 6. The summed E-state index contributed by atoms with van der Waals surface area (Å²) in [7, 11) is -4.96. The Morgan fingerprint density at radius 1 is 0.947 bits per heavy atom. The highest BCUT2D eigenvalue weighted by Gasteiger charge is 2.60. The molecule has 1 saturated heterocycles. The Labute approximate surface area is 335 Å². The van der Waals surface area contributed by atoms with Crippen LogP contribution >= 0.6 is 7.82 Å². The molecule has 7 atom stereocenters. The number of phosphoric ester groups is 1. The minimum absolute atomic E-state index is 0.0239. The molecule has 3 aromatic heterocycles. The highest BCUT2D eigenvalue weighted by molar-refractivity contribution is 7.47. The molecule has 0 radical (unpaired) electrons. The van der Waals surface area contributed by atoms with Crippen molar-refractivity contribution in [2.24, 2.45) is 0 Å². The number of phosphoric acid groups is 1. The lowest BCUT2D eigenvalue weighted by Gasteiger charge is -2.31. The van der Waals surface area contributed by atoms with Crippen molar-refractivity contribution in [2.45, 2.75) is 153 Å². The first-order valence-corrected chi connectivity index (χ1v) is 21.8. The summed E-state index contributed by atoms with van der Waals surface area (Å²) in [6, 6.07) is 11.5. The minimum atomic E-state index is -4.96. The van der Waals surface area contributed by atoms with Crippen molar-refractivity contribution >= 4 is 19.2 Å². The van der Waals surface area contributed by atoms with Gasteiger partial charge in [-0.1, -0.05) is 109 Å². The van der Waals surface area contributed by atoms with E-state index in [9.17, 15) is 30.2 Å². The predicted octanol–water partition coefficient (Wildman–Crippen LogP) is 6.88. The van der Waals surface area contributed by atoms with Crippen molar-refractivity contribution in [3.63, 3.8) is 0 Å². The molecule has 2 unspecified atom stereocenters. The monoisotopic (exact) mass is 813 g/mol. The molecule has 3 aromatic rings. The number of hydrogen-bond acceptors (Lipinski definition) is 14. The summed E-state index contributed by atoms with van der Waals surface area (Å²) in [4.78, 5) is 18.8. The number of unbranched alkanes of at least 4 members (excludes halogenated alkanes) is 15. The molecular weight excluding hydrogens is 753 g/mol. The van der Waals surface area contributed by atoms with Crippen LogP contribution in [0, 0.1) is 22.7 Å². The van der Waals surface area contributed by atoms with E-state index in [0.29, 0.717) is 12.1 Å². The van der Waals surface area contributed by atoms with Crippen LogP contribution in [0.15, 0.2) is 36.7 Å². The van der Waals surface area contributed by atoms with Gasteiger partial charge in [0.2, 0.25) is 11.5 Å². The van der Waals surface area contributed by atoms with Gasteiger partial charge in [0.25, 0.3) is 0 Å². The largest absolute Gasteiger partial charge is 0.472 e. The molecule has 1 fully saturated rings. The molecule has 314 valence electrons. The fourth-order valence-electron chi connectivity index (χ4n) is 6.99. The molecule has 5 N–H and O–H groups in total. The van der Waals surface area contributed by atoms with E-state index in [1.54, 1.807) is 18.2 Å². The molecule has 0 aliphatic carbocycles. The van der Waals surface area contributed by atoms with Crippen LogP contribution in [0.25, 0.3) is 5.52 Å². The maximum absolute atomic E-state index is 13.3. The summed E-state index contributed by atoms with van der Waals surface area (Å²) < 4.78 is 42.9. The highest BCUT2D eigenvalue weighted by atomic mass is 31.2. The average Bonchev–Trinajstić information content (AvgIpc) is 3.75. The predicted molar refractivity (Wildman–Crippen MR) is 212 cm³/mol. The van der Waals surface area contributed by atoms with Crippen LogP contribution in [0.5, 0.6) is 5.88 Å². The molecule has 1 aliphatic rings. The number of aliphatic hydroxyl groups is 2. The molecule has 16 nitrogen and oxygen atoms in total. The lowest BCUT2D eigenvalue weighted by atomic mass is 9.91. The minimum Gasteiger partial charge on any atom is -0.469 e. The fraction of sp³-hybridized carbons (Fsp3) is 0.675. The van der Waals surface area contributed by atoms with Gasteiger partial charge in [-0.15, -0.1) is 0 Å². The SMILES string of the molecule is CCCCCCCCCCCCCCCCCCOCC(COP(=O)(O)O[C@@H](C)[C@@]1(C#N)O[C@@H](c2ccc3c(N)ncnn23)[C@H](O)[C@@H]1O)Oc1cccc(C#N)n1. The molecule has 4 heterocycles. The number of nitrogens with two attached hydrogens (primary N) is 1. The quantitative estimate of drug-likeness (QED) is 0.0431. The molecule has 17 heteroatoms. The Balaban J connectivity index is 1.22. The van der Waals surface area contributed by atoms with Crippen LogP contribution in [0.1, 0.15) is 134 Å². The van der Waals surface area contributed by atoms with E-state index in [2.05, 4.69) is 22.0 Å². The Kier molecular flexibility index (Phi) is 19.1. The van der Waals surface area contributed by atoms with E-state index < -0.39 is 50.6 Å². The molecule has 0 saturated carbocycles. The zero-order valence-electron chi connectivity index (χ0n) is 33.3. The summed E-state index contributed by atoms with van der Waals surface area (Å²) in [6.45, 7) is 3.42. The van der Waals surface area contributed by atoms with E-state index in [0.717, 1.165) is 19.3 Å². The number of pyridine rings is 1. The molecule has 0 aromatic carbocycles. The number of fused-ring (bicyclic) bond motifs is 1. The summed E-state index contributed by atoms with van der Waals surface area (Å²) >= 11 is 0. The number of anilines is 1. The number of ether oxygens (including phenoxy) is 3. The summed E-state index contributed by atoms with van der Waals surface area (Å²) in [5.74, 6) is 0.249. The van der Waals surface area contributed by atoms with Crippen LogP contribution in [0.3, 0.4) is 0 Å². The van der Waals surface area contributed by atoms with Gasteiger partial charge in [-0.05, 0) is 31.5 Å². The van der Waals surface area contributed by atoms with Gasteiger partial charge in [-0.2, -0.15) is 15.6 Å². The van der Waals surface area contributed by atoms with Gasteiger partial charge in [0.15, 0.2) is 5.82 Å². The van der Waals surface area contributed by atoms with Crippen molar-refractivity contribution in [1.29, 1.82) is 10.5 Å². The van der Waals surface area contributed by atoms with Crippen molar-refractivity contribution in [3.05, 3.63) is 48.0 Å². The fourth-order valence-corrected chi connectivity index (χ4v) is 7.97. The number of nitriles is 2. The van der Waals surface area contributed by atoms with Crippen LogP contribution in [0.4, 0.5) is 5.82 Å². The Bertz CT molecular complexity index is 1790. The van der Waals surface area contributed by atoms with Gasteiger partial charge >= 0.3 is 7.82 Å². The third-order valence-electron chi connectivity index (χ3n) is 10.3. The van der Waals surface area contributed by atoms with Crippen molar-refractivity contribution in [3.8, 4) is 18.0 Å². The van der Waals surface area contributed by atoms with E-state index in [1.165, 1.54) is 113 Å². The number of aromatic nitrogens is 4. The second-order valence-corrected chi connectivity index (χ2v) is 16.1. The van der Waals surface area contributed by atoms with Crippen LogP contribution < -0.4 is 10.5 Å². The first-order valence-electron chi connectivity index (χ1n) is 20.4. The van der Waals surface area contributed by atoms with E-state index in [-0.39, 0.29) is 29.7 Å². The van der Waals surface area contributed by atoms with Crippen LogP contribution in [0.2, 0.25) is 0 Å². The first kappa shape index (κ1) is 46.0. The number of aliphatic hydroxyl groups excluding tert-OH is 2.